The Hall–Kier alpha value is -2.28. The molecule has 0 bridgehead atoms. The number of benzene rings is 3. The summed E-state index contributed by atoms with van der Waals surface area (Å²) in [5, 5.41) is -0.616. The Labute approximate surface area is 170 Å². The van der Waals surface area contributed by atoms with Crippen LogP contribution in [0, 0.1) is 6.92 Å². The van der Waals surface area contributed by atoms with E-state index in [2.05, 4.69) is 0 Å². The number of hydrogen-bond acceptors (Lipinski definition) is 4. The third kappa shape index (κ3) is 3.32. The van der Waals surface area contributed by atoms with Gasteiger partial charge in [-0.25, -0.2) is 8.42 Å². The summed E-state index contributed by atoms with van der Waals surface area (Å²) in [6.45, 7) is 1.94. The molecule has 1 aliphatic heterocycles. The first-order valence-electron chi connectivity index (χ1n) is 8.96. The number of rotatable bonds is 5. The van der Waals surface area contributed by atoms with Crippen molar-refractivity contribution in [2.75, 3.05) is 7.11 Å². The van der Waals surface area contributed by atoms with Gasteiger partial charge in [-0.15, -0.1) is 11.8 Å². The average molecular weight is 412 g/mol. The van der Waals surface area contributed by atoms with Gasteiger partial charge in [-0.2, -0.15) is 4.31 Å². The minimum Gasteiger partial charge on any atom is -0.496 e. The van der Waals surface area contributed by atoms with Gasteiger partial charge in [0.05, 0.1) is 17.4 Å². The molecule has 3 aromatic carbocycles. The van der Waals surface area contributed by atoms with Crippen molar-refractivity contribution in [1.82, 2.24) is 4.31 Å². The number of sulfonamides is 1. The molecule has 4 nitrogen and oxygen atoms in total. The number of ether oxygens (including phenoxy) is 1. The monoisotopic (exact) mass is 411 g/mol. The Balaban J connectivity index is 1.79. The third-order valence-electron chi connectivity index (χ3n) is 4.81. The summed E-state index contributed by atoms with van der Waals surface area (Å²) in [6, 6.07) is 24.3. The van der Waals surface area contributed by atoms with Gasteiger partial charge in [-0.1, -0.05) is 66.2 Å². The minimum absolute atomic E-state index is 0.276. The largest absolute Gasteiger partial charge is 0.496 e. The number of hydrogen-bond donors (Lipinski definition) is 0. The lowest BCUT2D eigenvalue weighted by Gasteiger charge is -2.47. The van der Waals surface area contributed by atoms with E-state index in [4.69, 9.17) is 4.74 Å². The van der Waals surface area contributed by atoms with E-state index in [1.165, 1.54) is 0 Å². The molecule has 0 spiro atoms. The van der Waals surface area contributed by atoms with Crippen molar-refractivity contribution in [2.45, 2.75) is 22.6 Å². The van der Waals surface area contributed by atoms with Crippen LogP contribution in [0.25, 0.3) is 0 Å². The van der Waals surface area contributed by atoms with Crippen molar-refractivity contribution in [3.63, 3.8) is 0 Å². The van der Waals surface area contributed by atoms with Crippen molar-refractivity contribution in [3.05, 3.63) is 95.6 Å². The maximum Gasteiger partial charge on any atom is 0.245 e. The summed E-state index contributed by atoms with van der Waals surface area (Å²) >= 11 is 1.61. The normalized spacial score (nSPS) is 19.8. The Morgan fingerprint density at radius 3 is 2.18 bits per heavy atom. The lowest BCUT2D eigenvalue weighted by molar-refractivity contribution is 0.331. The fourth-order valence-electron chi connectivity index (χ4n) is 3.31. The van der Waals surface area contributed by atoms with Crippen LogP contribution in [0.15, 0.2) is 83.8 Å². The van der Waals surface area contributed by atoms with Crippen LogP contribution >= 0.6 is 11.8 Å². The summed E-state index contributed by atoms with van der Waals surface area (Å²) in [7, 11) is -2.07. The van der Waals surface area contributed by atoms with Crippen LogP contribution in [0.3, 0.4) is 0 Å². The van der Waals surface area contributed by atoms with Crippen molar-refractivity contribution in [3.8, 4) is 5.75 Å². The lowest BCUT2D eigenvalue weighted by atomic mass is 10.1. The minimum atomic E-state index is -3.68. The maximum atomic E-state index is 13.6. The zero-order valence-electron chi connectivity index (χ0n) is 15.6. The van der Waals surface area contributed by atoms with Crippen molar-refractivity contribution < 1.29 is 13.2 Å². The molecule has 1 aliphatic rings. The molecule has 28 heavy (non-hydrogen) atoms. The van der Waals surface area contributed by atoms with E-state index in [1.807, 2.05) is 73.7 Å². The molecule has 144 valence electrons. The van der Waals surface area contributed by atoms with Crippen LogP contribution in [0.4, 0.5) is 0 Å². The number of thioether (sulfide) groups is 1. The highest BCUT2D eigenvalue weighted by atomic mass is 32.2. The first kappa shape index (κ1) is 19.1. The summed E-state index contributed by atoms with van der Waals surface area (Å²) in [4.78, 5) is 0.305. The fourth-order valence-corrected chi connectivity index (χ4v) is 6.94. The van der Waals surface area contributed by atoms with Crippen molar-refractivity contribution in [1.29, 1.82) is 0 Å². The van der Waals surface area contributed by atoms with E-state index in [9.17, 15) is 8.42 Å². The molecule has 0 aromatic heterocycles. The molecule has 0 saturated carbocycles. The predicted molar refractivity (Wildman–Crippen MR) is 113 cm³/mol. The van der Waals surface area contributed by atoms with E-state index in [0.717, 1.165) is 16.7 Å². The van der Waals surface area contributed by atoms with E-state index in [-0.39, 0.29) is 10.7 Å². The lowest BCUT2D eigenvalue weighted by Crippen LogP contribution is -2.43. The molecule has 1 fully saturated rings. The van der Waals surface area contributed by atoms with E-state index in [1.54, 1.807) is 35.3 Å². The molecule has 3 aromatic rings. The first-order valence-corrected chi connectivity index (χ1v) is 11.3. The van der Waals surface area contributed by atoms with E-state index in [0.29, 0.717) is 10.6 Å². The third-order valence-corrected chi connectivity index (χ3v) is 8.41. The molecule has 1 heterocycles. The number of nitrogens with zero attached hydrogens (tertiary/aromatic N) is 1. The number of para-hydroxylation sites is 1. The van der Waals surface area contributed by atoms with Crippen LogP contribution in [-0.4, -0.2) is 19.8 Å². The zero-order chi connectivity index (χ0) is 19.7. The standard InChI is InChI=1S/C22H21NO3S2/c1-16-12-14-18(15-13-16)28(24,25)23-21(17-8-4-3-5-9-17)27-22(23)19-10-6-7-11-20(19)26-2/h3-15,21-22H,1-2H3/t21-,22+/m0/s1. The van der Waals surface area contributed by atoms with Crippen LogP contribution in [0.1, 0.15) is 27.4 Å². The summed E-state index contributed by atoms with van der Waals surface area (Å²) in [6.07, 6.45) is 0. The van der Waals surface area contributed by atoms with E-state index < -0.39 is 10.0 Å². The molecule has 0 unspecified atom stereocenters. The van der Waals surface area contributed by atoms with Crippen LogP contribution in [0.2, 0.25) is 0 Å². The number of aryl methyl sites for hydroxylation is 1. The second-order valence-corrected chi connectivity index (χ2v) is 9.65. The highest BCUT2D eigenvalue weighted by Crippen LogP contribution is 2.60. The van der Waals surface area contributed by atoms with Crippen LogP contribution in [0.5, 0.6) is 5.75 Å². The van der Waals surface area contributed by atoms with Gasteiger partial charge in [0, 0.05) is 5.56 Å². The molecule has 2 atom stereocenters. The predicted octanol–water partition coefficient (Wildman–Crippen LogP) is 5.14. The Morgan fingerprint density at radius 1 is 0.857 bits per heavy atom. The SMILES string of the molecule is COc1ccccc1[C@H]1S[C@@H](c2ccccc2)N1S(=O)(=O)c1ccc(C)cc1. The molecular weight excluding hydrogens is 390 g/mol. The Bertz CT molecular complexity index is 1070. The van der Waals surface area contributed by atoms with Gasteiger partial charge in [0.25, 0.3) is 0 Å². The topological polar surface area (TPSA) is 46.6 Å². The Kier molecular flexibility index (Phi) is 5.19. The molecule has 0 N–H and O–H groups in total. The maximum absolute atomic E-state index is 13.6. The highest BCUT2D eigenvalue weighted by molar-refractivity contribution is 8.03. The van der Waals surface area contributed by atoms with Gasteiger partial charge < -0.3 is 4.74 Å². The summed E-state index contributed by atoms with van der Waals surface area (Å²) in [5.74, 6) is 0.690. The van der Waals surface area contributed by atoms with Gasteiger partial charge in [0.2, 0.25) is 10.0 Å². The summed E-state index contributed by atoms with van der Waals surface area (Å²) in [5.41, 5.74) is 2.85. The fraction of sp³-hybridized carbons (Fsp3) is 0.182. The van der Waals surface area contributed by atoms with Gasteiger partial charge >= 0.3 is 0 Å². The summed E-state index contributed by atoms with van der Waals surface area (Å²) < 4.78 is 34.2. The molecule has 0 amide bonds. The molecule has 0 aliphatic carbocycles. The smallest absolute Gasteiger partial charge is 0.245 e. The average Bonchev–Trinajstić information content (AvgIpc) is 2.68. The zero-order valence-corrected chi connectivity index (χ0v) is 17.3. The van der Waals surface area contributed by atoms with Crippen LogP contribution < -0.4 is 4.74 Å². The van der Waals surface area contributed by atoms with Gasteiger partial charge in [0.1, 0.15) is 11.1 Å². The molecular formula is C22H21NO3S2. The molecule has 1 saturated heterocycles. The van der Waals surface area contributed by atoms with Gasteiger partial charge in [-0.3, -0.25) is 0 Å². The highest BCUT2D eigenvalue weighted by Gasteiger charge is 2.49. The second kappa shape index (κ2) is 7.62. The molecule has 6 heteroatoms. The van der Waals surface area contributed by atoms with E-state index >= 15 is 0 Å². The van der Waals surface area contributed by atoms with Crippen molar-refractivity contribution in [2.24, 2.45) is 0 Å². The quantitative estimate of drug-likeness (QED) is 0.583. The Morgan fingerprint density at radius 2 is 1.50 bits per heavy atom. The van der Waals surface area contributed by atoms with Crippen LogP contribution in [-0.2, 0) is 10.0 Å². The first-order chi connectivity index (χ1) is 13.5. The van der Waals surface area contributed by atoms with Gasteiger partial charge in [-0.05, 0) is 30.7 Å². The second-order valence-electron chi connectivity index (χ2n) is 6.64. The molecule has 4 rings (SSSR count). The van der Waals surface area contributed by atoms with Crippen molar-refractivity contribution >= 4 is 21.8 Å². The number of methoxy groups -OCH3 is 1. The molecule has 0 radical (unpaired) electrons. The van der Waals surface area contributed by atoms with Gasteiger partial charge in [0.15, 0.2) is 0 Å².